The van der Waals surface area contributed by atoms with Gasteiger partial charge in [-0.1, -0.05) is 72.8 Å². The van der Waals surface area contributed by atoms with E-state index in [0.29, 0.717) is 72.8 Å². The minimum atomic E-state index is -6.03. The number of halogens is 12. The van der Waals surface area contributed by atoms with Crippen LogP contribution in [0, 0.1) is 0 Å². The maximum Gasteiger partial charge on any atom is 0.411 e. The standard InChI is InChI=1S/C32H18F12O4/c33-29(34,35)27(30(36,37)38,23-13-5-19(6-14-23)25(45)46)21-9-1-17(2-10-21)18-3-11-22(12-4-18)28(31(39,40)41,32(42,43)44)24-15-7-20(8-16-24)26(47)48/h1-16H,(H,45,46)(H,47,48). The average Bonchev–Trinajstić information content (AvgIpc) is 2.96. The van der Waals surface area contributed by atoms with Crippen molar-refractivity contribution < 1.29 is 72.5 Å². The molecular formula is C32H18F12O4. The van der Waals surface area contributed by atoms with Crippen LogP contribution in [0.2, 0.25) is 0 Å². The van der Waals surface area contributed by atoms with Crippen molar-refractivity contribution in [1.29, 1.82) is 0 Å². The van der Waals surface area contributed by atoms with E-state index in [-0.39, 0.29) is 11.1 Å². The molecule has 0 aliphatic rings. The van der Waals surface area contributed by atoms with Gasteiger partial charge in [-0.3, -0.25) is 0 Å². The molecule has 254 valence electrons. The molecule has 0 heterocycles. The highest BCUT2D eigenvalue weighted by Gasteiger charge is 2.73. The number of hydrogen-bond acceptors (Lipinski definition) is 2. The van der Waals surface area contributed by atoms with Gasteiger partial charge in [0, 0.05) is 0 Å². The smallest absolute Gasteiger partial charge is 0.411 e. The first-order valence-electron chi connectivity index (χ1n) is 13.2. The number of carboxylic acid groups (broad SMARTS) is 2. The Balaban J connectivity index is 1.84. The molecule has 0 amide bonds. The Labute approximate surface area is 261 Å². The van der Waals surface area contributed by atoms with Gasteiger partial charge >= 0.3 is 36.6 Å². The molecule has 0 atom stereocenters. The third-order valence-electron chi connectivity index (χ3n) is 7.80. The van der Waals surface area contributed by atoms with Crippen molar-refractivity contribution in [3.63, 3.8) is 0 Å². The Morgan fingerprint density at radius 3 is 0.708 bits per heavy atom. The summed E-state index contributed by atoms with van der Waals surface area (Å²) in [4.78, 5) is 22.2. The van der Waals surface area contributed by atoms with Gasteiger partial charge in [0.2, 0.25) is 10.8 Å². The Kier molecular flexibility index (Phi) is 8.88. The number of benzene rings is 4. The molecule has 0 unspecified atom stereocenters. The molecule has 0 spiro atoms. The second-order valence-electron chi connectivity index (χ2n) is 10.4. The molecule has 0 aliphatic carbocycles. The zero-order chi connectivity index (χ0) is 36.1. The van der Waals surface area contributed by atoms with Gasteiger partial charge in [0.15, 0.2) is 0 Å². The molecule has 4 nitrogen and oxygen atoms in total. The third kappa shape index (κ3) is 5.72. The van der Waals surface area contributed by atoms with Crippen LogP contribution in [0.3, 0.4) is 0 Å². The van der Waals surface area contributed by atoms with Crippen molar-refractivity contribution in [2.75, 3.05) is 0 Å². The molecule has 0 saturated heterocycles. The van der Waals surface area contributed by atoms with Crippen LogP contribution in [0.5, 0.6) is 0 Å². The van der Waals surface area contributed by atoms with E-state index < -0.39 is 80.9 Å². The lowest BCUT2D eigenvalue weighted by Crippen LogP contribution is -2.54. The summed E-state index contributed by atoms with van der Waals surface area (Å²) in [5.41, 5.74) is -16.3. The van der Waals surface area contributed by atoms with Crippen LogP contribution in [-0.2, 0) is 10.8 Å². The van der Waals surface area contributed by atoms with Crippen LogP contribution in [0.1, 0.15) is 43.0 Å². The van der Waals surface area contributed by atoms with E-state index in [1.165, 1.54) is 0 Å². The van der Waals surface area contributed by atoms with E-state index in [1.807, 2.05) is 0 Å². The fourth-order valence-corrected chi connectivity index (χ4v) is 5.52. The number of alkyl halides is 12. The molecule has 4 aromatic rings. The number of carboxylic acids is 2. The molecule has 0 aromatic heterocycles. The number of aromatic carboxylic acids is 2. The van der Waals surface area contributed by atoms with Crippen LogP contribution in [0.15, 0.2) is 97.1 Å². The quantitative estimate of drug-likeness (QED) is 0.189. The first-order valence-corrected chi connectivity index (χ1v) is 13.2. The number of hydrogen-bond donors (Lipinski definition) is 2. The average molecular weight is 694 g/mol. The minimum Gasteiger partial charge on any atom is -0.478 e. The maximum atomic E-state index is 14.4. The van der Waals surface area contributed by atoms with E-state index in [0.717, 1.165) is 24.3 Å². The van der Waals surface area contributed by atoms with Crippen molar-refractivity contribution in [2.24, 2.45) is 0 Å². The highest BCUT2D eigenvalue weighted by atomic mass is 19.4. The summed E-state index contributed by atoms with van der Waals surface area (Å²) in [6, 6.07) is 8.46. The largest absolute Gasteiger partial charge is 0.478 e. The Hall–Kier alpha value is -5.02. The van der Waals surface area contributed by atoms with E-state index in [4.69, 9.17) is 10.2 Å². The zero-order valence-electron chi connectivity index (χ0n) is 23.5. The molecule has 2 N–H and O–H groups in total. The molecule has 4 rings (SSSR count). The fraction of sp³-hybridized carbons (Fsp3) is 0.188. The molecule has 0 aliphatic heterocycles. The van der Waals surface area contributed by atoms with Crippen LogP contribution < -0.4 is 0 Å². The van der Waals surface area contributed by atoms with Gasteiger partial charge in [-0.25, -0.2) is 9.59 Å². The van der Waals surface area contributed by atoms with Crippen LogP contribution in [-0.4, -0.2) is 46.9 Å². The van der Waals surface area contributed by atoms with Gasteiger partial charge in [-0.05, 0) is 57.6 Å². The summed E-state index contributed by atoms with van der Waals surface area (Å²) in [6.07, 6.45) is -24.1. The Bertz CT molecular complexity index is 1620. The lowest BCUT2D eigenvalue weighted by molar-refractivity contribution is -0.290. The summed E-state index contributed by atoms with van der Waals surface area (Å²) in [5, 5.41) is 18.0. The summed E-state index contributed by atoms with van der Waals surface area (Å²) in [6.45, 7) is 0. The maximum absolute atomic E-state index is 14.4. The molecule has 0 saturated carbocycles. The Morgan fingerprint density at radius 1 is 0.354 bits per heavy atom. The van der Waals surface area contributed by atoms with Crippen molar-refractivity contribution in [3.8, 4) is 11.1 Å². The fourth-order valence-electron chi connectivity index (χ4n) is 5.52. The van der Waals surface area contributed by atoms with Gasteiger partial charge in [0.1, 0.15) is 0 Å². The van der Waals surface area contributed by atoms with Crippen molar-refractivity contribution in [2.45, 2.75) is 35.5 Å². The van der Waals surface area contributed by atoms with Gasteiger partial charge in [0.05, 0.1) is 11.1 Å². The SMILES string of the molecule is O=C(O)c1ccc(C(c2ccc(-c3ccc(C(c4ccc(C(=O)O)cc4)(C(F)(F)F)C(F)(F)F)cc3)cc2)(C(F)(F)F)C(F)(F)F)cc1. The predicted molar refractivity (Wildman–Crippen MR) is 144 cm³/mol. The topological polar surface area (TPSA) is 74.6 Å². The Morgan fingerprint density at radius 2 is 0.542 bits per heavy atom. The van der Waals surface area contributed by atoms with Crippen molar-refractivity contribution in [1.82, 2.24) is 0 Å². The molecule has 0 bridgehead atoms. The minimum absolute atomic E-state index is 0.180. The van der Waals surface area contributed by atoms with E-state index in [2.05, 4.69) is 0 Å². The van der Waals surface area contributed by atoms with Gasteiger partial charge in [-0.2, -0.15) is 52.7 Å². The van der Waals surface area contributed by atoms with Crippen LogP contribution in [0.25, 0.3) is 11.1 Å². The molecule has 0 radical (unpaired) electrons. The zero-order valence-corrected chi connectivity index (χ0v) is 23.5. The molecule has 16 heteroatoms. The second-order valence-corrected chi connectivity index (χ2v) is 10.4. The molecular weight excluding hydrogens is 676 g/mol. The normalized spacial score (nSPS) is 13.3. The molecule has 48 heavy (non-hydrogen) atoms. The third-order valence-corrected chi connectivity index (χ3v) is 7.80. The summed E-state index contributed by atoms with van der Waals surface area (Å²) in [5.74, 6) is -3.22. The molecule has 4 aromatic carbocycles. The monoisotopic (exact) mass is 694 g/mol. The first kappa shape index (κ1) is 35.8. The summed E-state index contributed by atoms with van der Waals surface area (Å²) in [7, 11) is 0. The van der Waals surface area contributed by atoms with Gasteiger partial charge < -0.3 is 10.2 Å². The second kappa shape index (κ2) is 11.9. The van der Waals surface area contributed by atoms with E-state index in [9.17, 15) is 62.3 Å². The van der Waals surface area contributed by atoms with Crippen LogP contribution in [0.4, 0.5) is 52.7 Å². The summed E-state index contributed by atoms with van der Waals surface area (Å²) >= 11 is 0. The first-order chi connectivity index (χ1) is 22.0. The highest BCUT2D eigenvalue weighted by Crippen LogP contribution is 2.58. The lowest BCUT2D eigenvalue weighted by Gasteiger charge is -2.38. The van der Waals surface area contributed by atoms with Crippen molar-refractivity contribution >= 4 is 11.9 Å². The summed E-state index contributed by atoms with van der Waals surface area (Å²) < 4.78 is 173. The van der Waals surface area contributed by atoms with Gasteiger partial charge in [-0.15, -0.1) is 0 Å². The predicted octanol–water partition coefficient (Wildman–Crippen LogP) is 9.57. The molecule has 0 fully saturated rings. The lowest BCUT2D eigenvalue weighted by atomic mass is 9.72. The highest BCUT2D eigenvalue weighted by molar-refractivity contribution is 5.88. The van der Waals surface area contributed by atoms with E-state index >= 15 is 0 Å². The van der Waals surface area contributed by atoms with Crippen molar-refractivity contribution in [3.05, 3.63) is 130 Å². The van der Waals surface area contributed by atoms with Crippen LogP contribution >= 0.6 is 0 Å². The number of rotatable bonds is 7. The van der Waals surface area contributed by atoms with E-state index in [1.54, 1.807) is 0 Å². The van der Waals surface area contributed by atoms with Gasteiger partial charge in [0.25, 0.3) is 0 Å². The number of carbonyl (C=O) groups is 2.